The van der Waals surface area contributed by atoms with Crippen molar-refractivity contribution in [3.63, 3.8) is 0 Å². The van der Waals surface area contributed by atoms with Gasteiger partial charge in [-0.25, -0.2) is 4.39 Å². The standard InChI is InChI=1S/C23H30FN3O4/c1-29-15-10-23(22-25-21(31-26-22)17-6-13-30-14-7-17)8-11-27(12-9-23)20(28)16-18-4-2-3-5-19(18)24/h2-5,17H,6-16H2,1H3. The first-order valence-corrected chi connectivity index (χ1v) is 11.0. The molecule has 31 heavy (non-hydrogen) atoms. The van der Waals surface area contributed by atoms with Crippen molar-refractivity contribution in [1.29, 1.82) is 0 Å². The number of ether oxygens (including phenoxy) is 2. The molecule has 7 nitrogen and oxygen atoms in total. The Hall–Kier alpha value is -2.32. The Labute approximate surface area is 181 Å². The number of hydrogen-bond donors (Lipinski definition) is 0. The van der Waals surface area contributed by atoms with E-state index in [0.29, 0.717) is 37.0 Å². The molecule has 2 aliphatic rings. The van der Waals surface area contributed by atoms with E-state index in [9.17, 15) is 9.18 Å². The Morgan fingerprint density at radius 1 is 1.26 bits per heavy atom. The van der Waals surface area contributed by atoms with Gasteiger partial charge < -0.3 is 18.9 Å². The van der Waals surface area contributed by atoms with Gasteiger partial charge in [0, 0.05) is 51.4 Å². The lowest BCUT2D eigenvalue weighted by Gasteiger charge is -2.40. The highest BCUT2D eigenvalue weighted by Crippen LogP contribution is 2.38. The topological polar surface area (TPSA) is 77.7 Å². The lowest BCUT2D eigenvalue weighted by molar-refractivity contribution is -0.132. The van der Waals surface area contributed by atoms with E-state index in [4.69, 9.17) is 19.0 Å². The summed E-state index contributed by atoms with van der Waals surface area (Å²) in [6, 6.07) is 6.44. The molecule has 0 saturated carbocycles. The van der Waals surface area contributed by atoms with Crippen molar-refractivity contribution in [2.75, 3.05) is 40.0 Å². The smallest absolute Gasteiger partial charge is 0.229 e. The number of rotatable bonds is 7. The van der Waals surface area contributed by atoms with Crippen LogP contribution in [0.15, 0.2) is 28.8 Å². The molecule has 168 valence electrons. The molecule has 0 unspecified atom stereocenters. The number of piperidine rings is 1. The Bertz CT molecular complexity index is 873. The molecule has 2 aromatic rings. The lowest BCUT2D eigenvalue weighted by Crippen LogP contribution is -2.46. The van der Waals surface area contributed by atoms with Crippen LogP contribution >= 0.6 is 0 Å². The third kappa shape index (κ3) is 4.96. The summed E-state index contributed by atoms with van der Waals surface area (Å²) in [5, 5.41) is 4.35. The molecule has 2 aliphatic heterocycles. The van der Waals surface area contributed by atoms with Crippen LogP contribution in [0, 0.1) is 5.82 Å². The van der Waals surface area contributed by atoms with Gasteiger partial charge in [-0.05, 0) is 43.7 Å². The van der Waals surface area contributed by atoms with Gasteiger partial charge in [-0.3, -0.25) is 4.79 Å². The first-order valence-electron chi connectivity index (χ1n) is 11.0. The number of amides is 1. The molecule has 0 bridgehead atoms. The van der Waals surface area contributed by atoms with Gasteiger partial charge in [0.2, 0.25) is 11.8 Å². The molecule has 8 heteroatoms. The second-order valence-electron chi connectivity index (χ2n) is 8.51. The van der Waals surface area contributed by atoms with Gasteiger partial charge in [-0.15, -0.1) is 0 Å². The second kappa shape index (κ2) is 9.87. The molecular formula is C23H30FN3O4. The van der Waals surface area contributed by atoms with Crippen LogP contribution in [0.2, 0.25) is 0 Å². The van der Waals surface area contributed by atoms with Crippen molar-refractivity contribution in [3.8, 4) is 0 Å². The van der Waals surface area contributed by atoms with E-state index < -0.39 is 0 Å². The number of hydrogen-bond acceptors (Lipinski definition) is 6. The largest absolute Gasteiger partial charge is 0.385 e. The molecule has 0 aliphatic carbocycles. The zero-order valence-electron chi connectivity index (χ0n) is 18.0. The van der Waals surface area contributed by atoms with E-state index in [0.717, 1.165) is 45.3 Å². The maximum Gasteiger partial charge on any atom is 0.229 e. The summed E-state index contributed by atoms with van der Waals surface area (Å²) in [5.74, 6) is 1.26. The molecule has 2 fully saturated rings. The minimum absolute atomic E-state index is 0.0542. The Morgan fingerprint density at radius 2 is 2.00 bits per heavy atom. The molecule has 0 atom stereocenters. The predicted molar refractivity (Wildman–Crippen MR) is 111 cm³/mol. The van der Waals surface area contributed by atoms with Gasteiger partial charge in [0.15, 0.2) is 5.82 Å². The van der Waals surface area contributed by atoms with Crippen LogP contribution in [-0.4, -0.2) is 61.0 Å². The molecule has 4 rings (SSSR count). The average Bonchev–Trinajstić information content (AvgIpc) is 3.31. The van der Waals surface area contributed by atoms with Gasteiger partial charge in [0.1, 0.15) is 5.82 Å². The minimum Gasteiger partial charge on any atom is -0.385 e. The quantitative estimate of drug-likeness (QED) is 0.670. The first kappa shape index (κ1) is 21.9. The number of carbonyl (C=O) groups is 1. The molecule has 2 saturated heterocycles. The Morgan fingerprint density at radius 3 is 2.71 bits per heavy atom. The van der Waals surface area contributed by atoms with Crippen LogP contribution in [0.1, 0.15) is 55.3 Å². The lowest BCUT2D eigenvalue weighted by atomic mass is 9.75. The number of carbonyl (C=O) groups excluding carboxylic acids is 1. The van der Waals surface area contributed by atoms with Gasteiger partial charge >= 0.3 is 0 Å². The van der Waals surface area contributed by atoms with E-state index in [2.05, 4.69) is 5.16 Å². The van der Waals surface area contributed by atoms with Crippen molar-refractivity contribution in [1.82, 2.24) is 15.0 Å². The monoisotopic (exact) mass is 431 g/mol. The Kier molecular flexibility index (Phi) is 6.97. The molecule has 0 N–H and O–H groups in total. The number of aromatic nitrogens is 2. The molecule has 1 aromatic carbocycles. The summed E-state index contributed by atoms with van der Waals surface area (Å²) in [6.07, 6.45) is 4.09. The molecule has 0 radical (unpaired) electrons. The van der Waals surface area contributed by atoms with Crippen LogP contribution in [0.3, 0.4) is 0 Å². The van der Waals surface area contributed by atoms with E-state index in [1.165, 1.54) is 6.07 Å². The summed E-state index contributed by atoms with van der Waals surface area (Å²) in [4.78, 5) is 19.4. The van der Waals surface area contributed by atoms with E-state index in [1.807, 2.05) is 4.90 Å². The number of likely N-dealkylation sites (tertiary alicyclic amines) is 1. The SMILES string of the molecule is COCCC1(c2noc(C3CCOCC3)n2)CCN(C(=O)Cc2ccccc2F)CC1. The summed E-state index contributed by atoms with van der Waals surface area (Å²) >= 11 is 0. The maximum absolute atomic E-state index is 13.9. The summed E-state index contributed by atoms with van der Waals surface area (Å²) in [5.41, 5.74) is 0.153. The third-order valence-electron chi connectivity index (χ3n) is 6.64. The van der Waals surface area contributed by atoms with Crippen LogP contribution in [0.25, 0.3) is 0 Å². The molecular weight excluding hydrogens is 401 g/mol. The first-order chi connectivity index (χ1) is 15.1. The summed E-state index contributed by atoms with van der Waals surface area (Å²) < 4.78 is 30.4. The molecule has 1 amide bonds. The van der Waals surface area contributed by atoms with E-state index >= 15 is 0 Å². The zero-order chi connectivity index (χ0) is 21.7. The molecule has 1 aromatic heterocycles. The number of benzene rings is 1. The predicted octanol–water partition coefficient (Wildman–Crippen LogP) is 3.24. The average molecular weight is 432 g/mol. The fourth-order valence-electron chi connectivity index (χ4n) is 4.54. The Balaban J connectivity index is 1.44. The maximum atomic E-state index is 13.9. The fraction of sp³-hybridized carbons (Fsp3) is 0.609. The van der Waals surface area contributed by atoms with Crippen molar-refractivity contribution in [3.05, 3.63) is 47.4 Å². The van der Waals surface area contributed by atoms with Crippen LogP contribution in [0.5, 0.6) is 0 Å². The fourth-order valence-corrected chi connectivity index (χ4v) is 4.54. The van der Waals surface area contributed by atoms with E-state index in [-0.39, 0.29) is 29.5 Å². The van der Waals surface area contributed by atoms with Crippen LogP contribution < -0.4 is 0 Å². The normalized spacial score (nSPS) is 19.5. The zero-order valence-corrected chi connectivity index (χ0v) is 18.0. The third-order valence-corrected chi connectivity index (χ3v) is 6.64. The van der Waals surface area contributed by atoms with Gasteiger partial charge in [0.05, 0.1) is 6.42 Å². The number of methoxy groups -OCH3 is 1. The molecule has 3 heterocycles. The highest BCUT2D eigenvalue weighted by Gasteiger charge is 2.41. The minimum atomic E-state index is -0.338. The highest BCUT2D eigenvalue weighted by atomic mass is 19.1. The van der Waals surface area contributed by atoms with Crippen molar-refractivity contribution < 1.29 is 23.2 Å². The second-order valence-corrected chi connectivity index (χ2v) is 8.51. The van der Waals surface area contributed by atoms with Crippen LogP contribution in [0.4, 0.5) is 4.39 Å². The number of nitrogens with zero attached hydrogens (tertiary/aromatic N) is 3. The van der Waals surface area contributed by atoms with E-state index in [1.54, 1.807) is 25.3 Å². The number of halogens is 1. The summed E-state index contributed by atoms with van der Waals surface area (Å²) in [6.45, 7) is 3.19. The van der Waals surface area contributed by atoms with Crippen molar-refractivity contribution in [2.45, 2.75) is 49.9 Å². The van der Waals surface area contributed by atoms with Gasteiger partial charge in [0.25, 0.3) is 0 Å². The van der Waals surface area contributed by atoms with Crippen LogP contribution in [-0.2, 0) is 26.1 Å². The summed E-state index contributed by atoms with van der Waals surface area (Å²) in [7, 11) is 1.68. The highest BCUT2D eigenvalue weighted by molar-refractivity contribution is 5.79. The molecule has 0 spiro atoms. The van der Waals surface area contributed by atoms with Crippen molar-refractivity contribution >= 4 is 5.91 Å². The van der Waals surface area contributed by atoms with Gasteiger partial charge in [-0.1, -0.05) is 23.4 Å². The van der Waals surface area contributed by atoms with Crippen molar-refractivity contribution in [2.24, 2.45) is 0 Å². The van der Waals surface area contributed by atoms with Gasteiger partial charge in [-0.2, -0.15) is 4.98 Å².